The molecule has 0 unspecified atom stereocenters. The van der Waals surface area contributed by atoms with Gasteiger partial charge in [-0.25, -0.2) is 4.39 Å². The largest absolute Gasteiger partial charge is 0.354 e. The van der Waals surface area contributed by atoms with E-state index in [4.69, 9.17) is 0 Å². The van der Waals surface area contributed by atoms with Gasteiger partial charge in [0.15, 0.2) is 6.29 Å². The van der Waals surface area contributed by atoms with Crippen LogP contribution < -0.4 is 0 Å². The monoisotopic (exact) mass is 253 g/mol. The summed E-state index contributed by atoms with van der Waals surface area (Å²) in [6.45, 7) is 1.98. The van der Waals surface area contributed by atoms with E-state index in [1.165, 1.54) is 12.1 Å². The minimum atomic E-state index is -0.342. The van der Waals surface area contributed by atoms with Crippen LogP contribution in [0.25, 0.3) is 22.2 Å². The third-order valence-corrected chi connectivity index (χ3v) is 3.33. The van der Waals surface area contributed by atoms with Crippen molar-refractivity contribution in [2.45, 2.75) is 6.92 Å². The first kappa shape index (κ1) is 11.7. The molecule has 3 aromatic rings. The Balaban J connectivity index is 2.36. The first-order chi connectivity index (χ1) is 9.20. The van der Waals surface area contributed by atoms with Crippen LogP contribution in [0.4, 0.5) is 4.39 Å². The molecule has 3 heteroatoms. The van der Waals surface area contributed by atoms with Gasteiger partial charge in [-0.2, -0.15) is 0 Å². The number of aromatic nitrogens is 1. The molecule has 1 heterocycles. The summed E-state index contributed by atoms with van der Waals surface area (Å²) >= 11 is 0. The van der Waals surface area contributed by atoms with Gasteiger partial charge in [0.25, 0.3) is 0 Å². The van der Waals surface area contributed by atoms with Crippen LogP contribution in [-0.4, -0.2) is 11.3 Å². The molecule has 3 rings (SSSR count). The Kier molecular flexibility index (Phi) is 2.67. The van der Waals surface area contributed by atoms with Crippen molar-refractivity contribution < 1.29 is 9.18 Å². The highest BCUT2D eigenvalue weighted by Gasteiger charge is 2.14. The van der Waals surface area contributed by atoms with E-state index < -0.39 is 0 Å². The van der Waals surface area contributed by atoms with Crippen LogP contribution in [0.2, 0.25) is 0 Å². The quantitative estimate of drug-likeness (QED) is 0.685. The number of rotatable bonds is 2. The maximum Gasteiger partial charge on any atom is 0.152 e. The zero-order valence-electron chi connectivity index (χ0n) is 10.4. The molecule has 0 atom stereocenters. The normalized spacial score (nSPS) is 10.8. The minimum Gasteiger partial charge on any atom is -0.354 e. The second-order valence-corrected chi connectivity index (χ2v) is 4.54. The summed E-state index contributed by atoms with van der Waals surface area (Å²) in [6, 6.07) is 12.2. The van der Waals surface area contributed by atoms with Crippen molar-refractivity contribution in [1.82, 2.24) is 4.98 Å². The number of hydrogen-bond acceptors (Lipinski definition) is 1. The predicted molar refractivity (Wildman–Crippen MR) is 73.8 cm³/mol. The molecule has 0 radical (unpaired) electrons. The summed E-state index contributed by atoms with van der Waals surface area (Å²) in [5.41, 5.74) is 4.04. The van der Waals surface area contributed by atoms with Crippen molar-refractivity contribution >= 4 is 17.2 Å². The van der Waals surface area contributed by atoms with Crippen LogP contribution >= 0.6 is 0 Å². The standard InChI is InChI=1S/C16H12FNO/c1-10-4-2-3-5-12(10)16-14(9-19)13-8-11(17)6-7-15(13)18-16/h2-9,18H,1H3. The summed E-state index contributed by atoms with van der Waals surface area (Å²) < 4.78 is 13.3. The van der Waals surface area contributed by atoms with Gasteiger partial charge in [-0.3, -0.25) is 4.79 Å². The van der Waals surface area contributed by atoms with E-state index in [0.717, 1.165) is 28.6 Å². The second-order valence-electron chi connectivity index (χ2n) is 4.54. The van der Waals surface area contributed by atoms with Gasteiger partial charge in [0.1, 0.15) is 5.82 Å². The van der Waals surface area contributed by atoms with Gasteiger partial charge in [-0.1, -0.05) is 24.3 Å². The van der Waals surface area contributed by atoms with E-state index >= 15 is 0 Å². The highest BCUT2D eigenvalue weighted by atomic mass is 19.1. The Morgan fingerprint density at radius 3 is 2.68 bits per heavy atom. The van der Waals surface area contributed by atoms with Crippen molar-refractivity contribution in [3.63, 3.8) is 0 Å². The molecule has 0 saturated heterocycles. The van der Waals surface area contributed by atoms with Gasteiger partial charge < -0.3 is 4.98 Å². The van der Waals surface area contributed by atoms with E-state index in [-0.39, 0.29) is 5.82 Å². The molecule has 0 aliphatic rings. The molecule has 1 N–H and O–H groups in total. The number of halogens is 1. The highest BCUT2D eigenvalue weighted by molar-refractivity contribution is 6.04. The molecule has 0 aliphatic carbocycles. The third kappa shape index (κ3) is 1.83. The summed E-state index contributed by atoms with van der Waals surface area (Å²) in [7, 11) is 0. The number of carbonyl (C=O) groups excluding carboxylic acids is 1. The van der Waals surface area contributed by atoms with E-state index in [2.05, 4.69) is 4.98 Å². The van der Waals surface area contributed by atoms with Gasteiger partial charge >= 0.3 is 0 Å². The van der Waals surface area contributed by atoms with E-state index in [1.807, 2.05) is 31.2 Å². The van der Waals surface area contributed by atoms with E-state index in [0.29, 0.717) is 10.9 Å². The van der Waals surface area contributed by atoms with Crippen molar-refractivity contribution in [3.05, 3.63) is 59.4 Å². The second kappa shape index (κ2) is 4.35. The molecule has 0 bridgehead atoms. The minimum absolute atomic E-state index is 0.342. The fourth-order valence-electron chi connectivity index (χ4n) is 2.37. The summed E-state index contributed by atoms with van der Waals surface area (Å²) in [6.07, 6.45) is 0.778. The number of aldehydes is 1. The molecule has 0 saturated carbocycles. The van der Waals surface area contributed by atoms with Gasteiger partial charge in [-0.15, -0.1) is 0 Å². The van der Waals surface area contributed by atoms with Crippen LogP contribution in [0.1, 0.15) is 15.9 Å². The average Bonchev–Trinajstić information content (AvgIpc) is 2.76. The number of carbonyl (C=O) groups is 1. The molecule has 2 aromatic carbocycles. The lowest BCUT2D eigenvalue weighted by molar-refractivity contribution is 0.112. The Bertz CT molecular complexity index is 774. The average molecular weight is 253 g/mol. The zero-order valence-corrected chi connectivity index (χ0v) is 10.4. The molecule has 94 valence electrons. The van der Waals surface area contributed by atoms with Gasteiger partial charge in [0.2, 0.25) is 0 Å². The van der Waals surface area contributed by atoms with Crippen molar-refractivity contribution in [1.29, 1.82) is 0 Å². The number of hydrogen-bond donors (Lipinski definition) is 1. The molecule has 0 spiro atoms. The Labute approximate surface area is 109 Å². The fourth-order valence-corrected chi connectivity index (χ4v) is 2.37. The van der Waals surface area contributed by atoms with E-state index in [1.54, 1.807) is 6.07 Å². The van der Waals surface area contributed by atoms with Gasteiger partial charge in [0, 0.05) is 22.0 Å². The highest BCUT2D eigenvalue weighted by Crippen LogP contribution is 2.31. The topological polar surface area (TPSA) is 32.9 Å². The molecule has 1 aromatic heterocycles. The van der Waals surface area contributed by atoms with Crippen molar-refractivity contribution in [2.24, 2.45) is 0 Å². The van der Waals surface area contributed by atoms with Crippen molar-refractivity contribution in [3.8, 4) is 11.3 Å². The molecule has 0 aliphatic heterocycles. The van der Waals surface area contributed by atoms with Gasteiger partial charge in [0.05, 0.1) is 5.69 Å². The molecule has 0 amide bonds. The summed E-state index contributed by atoms with van der Waals surface area (Å²) in [5, 5.41) is 0.619. The summed E-state index contributed by atoms with van der Waals surface area (Å²) in [4.78, 5) is 14.6. The van der Waals surface area contributed by atoms with Crippen LogP contribution in [0, 0.1) is 12.7 Å². The smallest absolute Gasteiger partial charge is 0.152 e. The van der Waals surface area contributed by atoms with Gasteiger partial charge in [-0.05, 0) is 30.7 Å². The lowest BCUT2D eigenvalue weighted by Crippen LogP contribution is -1.87. The van der Waals surface area contributed by atoms with E-state index in [9.17, 15) is 9.18 Å². The van der Waals surface area contributed by atoms with Crippen LogP contribution in [0.15, 0.2) is 42.5 Å². The SMILES string of the molecule is Cc1ccccc1-c1[nH]c2ccc(F)cc2c1C=O. The number of benzene rings is 2. The third-order valence-electron chi connectivity index (χ3n) is 3.33. The predicted octanol–water partition coefficient (Wildman–Crippen LogP) is 4.09. The maximum atomic E-state index is 13.3. The van der Waals surface area contributed by atoms with Crippen LogP contribution in [-0.2, 0) is 0 Å². The summed E-state index contributed by atoms with van der Waals surface area (Å²) in [5.74, 6) is -0.342. The number of nitrogens with one attached hydrogen (secondary N) is 1. The Morgan fingerprint density at radius 1 is 1.16 bits per heavy atom. The lowest BCUT2D eigenvalue weighted by Gasteiger charge is -2.03. The Hall–Kier alpha value is -2.42. The number of fused-ring (bicyclic) bond motifs is 1. The van der Waals surface area contributed by atoms with Crippen LogP contribution in [0.3, 0.4) is 0 Å². The molecule has 0 fully saturated rings. The zero-order chi connectivity index (χ0) is 13.4. The molecular weight excluding hydrogens is 241 g/mol. The fraction of sp³-hybridized carbons (Fsp3) is 0.0625. The Morgan fingerprint density at radius 2 is 1.95 bits per heavy atom. The first-order valence-electron chi connectivity index (χ1n) is 6.03. The van der Waals surface area contributed by atoms with Crippen LogP contribution in [0.5, 0.6) is 0 Å². The molecular formula is C16H12FNO. The first-order valence-corrected chi connectivity index (χ1v) is 6.03. The number of aromatic amines is 1. The lowest BCUT2D eigenvalue weighted by atomic mass is 10.0. The van der Waals surface area contributed by atoms with Crippen molar-refractivity contribution in [2.75, 3.05) is 0 Å². The number of H-pyrrole nitrogens is 1. The maximum absolute atomic E-state index is 13.3. The molecule has 19 heavy (non-hydrogen) atoms. The molecule has 2 nitrogen and oxygen atoms in total. The number of aryl methyl sites for hydroxylation is 1.